The van der Waals surface area contributed by atoms with Crippen LogP contribution in [0.25, 0.3) is 0 Å². The molecule has 4 atom stereocenters. The summed E-state index contributed by atoms with van der Waals surface area (Å²) in [4.78, 5) is 28.4. The van der Waals surface area contributed by atoms with Gasteiger partial charge in [0.05, 0.1) is 40.7 Å². The van der Waals surface area contributed by atoms with Gasteiger partial charge in [-0.3, -0.25) is 0 Å². The lowest BCUT2D eigenvalue weighted by Gasteiger charge is -2.57. The number of benzene rings is 1. The SMILES string of the molecule is O=C(NC1C2CC3CC1CC(O)(C3)C2)ON1CCN(c2ccc(N3C[C@@H]4C[C@@H]3CN4S(=O)(=O)C3CC3)cn2)c2ccccc21. The van der Waals surface area contributed by atoms with Crippen molar-refractivity contribution in [2.24, 2.45) is 17.8 Å². The third-order valence-corrected chi connectivity index (χ3v) is 13.9. The molecule has 8 aliphatic rings. The van der Waals surface area contributed by atoms with Crippen LogP contribution >= 0.6 is 0 Å². The summed E-state index contributed by atoms with van der Waals surface area (Å²) >= 11 is 0. The van der Waals surface area contributed by atoms with E-state index < -0.39 is 21.7 Å². The summed E-state index contributed by atoms with van der Waals surface area (Å²) in [6, 6.07) is 12.3. The number of carbonyl (C=O) groups excluding carboxylic acids is 1. The molecule has 12 heteroatoms. The molecule has 5 aliphatic carbocycles. The van der Waals surface area contributed by atoms with E-state index in [0.717, 1.165) is 74.2 Å². The molecule has 5 saturated carbocycles. The third kappa shape index (κ3) is 4.39. The number of hydroxylamine groups is 1. The molecule has 0 radical (unpaired) electrons. The van der Waals surface area contributed by atoms with Crippen molar-refractivity contribution in [1.29, 1.82) is 0 Å². The second-order valence-electron chi connectivity index (χ2n) is 14.4. The molecule has 234 valence electrons. The predicted molar refractivity (Wildman–Crippen MR) is 165 cm³/mol. The number of rotatable bonds is 6. The Morgan fingerprint density at radius 3 is 2.39 bits per heavy atom. The minimum Gasteiger partial charge on any atom is -0.390 e. The molecule has 2 unspecified atom stereocenters. The fourth-order valence-electron chi connectivity index (χ4n) is 9.67. The number of aliphatic hydroxyl groups is 1. The minimum atomic E-state index is -3.14. The molecule has 7 fully saturated rings. The molecule has 2 saturated heterocycles. The Labute approximate surface area is 258 Å². The maximum atomic E-state index is 13.2. The molecular weight excluding hydrogens is 580 g/mol. The summed E-state index contributed by atoms with van der Waals surface area (Å²) in [5.41, 5.74) is 2.22. The van der Waals surface area contributed by atoms with Crippen LogP contribution < -0.4 is 20.2 Å². The first-order valence-corrected chi connectivity index (χ1v) is 17.8. The predicted octanol–water partition coefficient (Wildman–Crippen LogP) is 3.38. The Morgan fingerprint density at radius 1 is 0.955 bits per heavy atom. The summed E-state index contributed by atoms with van der Waals surface area (Å²) in [6.07, 6.45) is 8.58. The van der Waals surface area contributed by atoms with Crippen LogP contribution in [0.3, 0.4) is 0 Å². The summed E-state index contributed by atoms with van der Waals surface area (Å²) in [5, 5.41) is 15.6. The number of nitrogens with one attached hydrogen (secondary N) is 1. The number of fused-ring (bicyclic) bond motifs is 3. The topological polar surface area (TPSA) is 119 Å². The van der Waals surface area contributed by atoms with Gasteiger partial charge < -0.3 is 25.1 Å². The average molecular weight is 621 g/mol. The quantitative estimate of drug-likeness (QED) is 0.501. The van der Waals surface area contributed by atoms with Gasteiger partial charge in [0.15, 0.2) is 0 Å². The number of amides is 1. The van der Waals surface area contributed by atoms with Crippen molar-refractivity contribution >= 4 is 39.0 Å². The molecule has 1 aromatic heterocycles. The number of piperazine rings is 1. The first-order chi connectivity index (χ1) is 21.2. The van der Waals surface area contributed by atoms with Crippen LogP contribution in [0.1, 0.15) is 51.4 Å². The van der Waals surface area contributed by atoms with E-state index in [2.05, 4.69) is 21.2 Å². The fraction of sp³-hybridized carbons (Fsp3) is 0.625. The molecule has 6 bridgehead atoms. The smallest absolute Gasteiger partial charge is 0.390 e. The number of hydrogen-bond acceptors (Lipinski definition) is 9. The lowest BCUT2D eigenvalue weighted by molar-refractivity contribution is -0.137. The number of para-hydroxylation sites is 2. The van der Waals surface area contributed by atoms with Gasteiger partial charge in [-0.2, -0.15) is 4.31 Å². The van der Waals surface area contributed by atoms with Crippen molar-refractivity contribution in [1.82, 2.24) is 14.6 Å². The summed E-state index contributed by atoms with van der Waals surface area (Å²) in [5.74, 6) is 2.05. The van der Waals surface area contributed by atoms with Crippen molar-refractivity contribution in [3.8, 4) is 0 Å². The molecule has 3 aliphatic heterocycles. The molecular formula is C32H40N6O5S. The fourth-order valence-corrected chi connectivity index (χ4v) is 11.7. The first kappa shape index (κ1) is 27.2. The highest BCUT2D eigenvalue weighted by molar-refractivity contribution is 7.90. The number of hydrogen-bond donors (Lipinski definition) is 2. The third-order valence-electron chi connectivity index (χ3n) is 11.5. The highest BCUT2D eigenvalue weighted by atomic mass is 32.2. The van der Waals surface area contributed by atoms with Gasteiger partial charge >= 0.3 is 6.09 Å². The highest BCUT2D eigenvalue weighted by Crippen LogP contribution is 2.55. The number of nitrogens with zero attached hydrogens (tertiary/aromatic N) is 5. The summed E-state index contributed by atoms with van der Waals surface area (Å²) in [6.45, 7) is 2.37. The van der Waals surface area contributed by atoms with Crippen molar-refractivity contribution in [2.75, 3.05) is 41.0 Å². The molecule has 2 aromatic rings. The van der Waals surface area contributed by atoms with Gasteiger partial charge in [0.25, 0.3) is 0 Å². The second-order valence-corrected chi connectivity index (χ2v) is 16.5. The van der Waals surface area contributed by atoms with E-state index in [0.29, 0.717) is 43.9 Å². The maximum Gasteiger partial charge on any atom is 0.431 e. The van der Waals surface area contributed by atoms with E-state index in [-0.39, 0.29) is 23.4 Å². The monoisotopic (exact) mass is 620 g/mol. The van der Waals surface area contributed by atoms with Gasteiger partial charge in [-0.25, -0.2) is 23.3 Å². The van der Waals surface area contributed by atoms with Crippen LogP contribution in [0.4, 0.5) is 27.7 Å². The van der Waals surface area contributed by atoms with E-state index in [1.807, 2.05) is 36.5 Å². The lowest BCUT2D eigenvalue weighted by atomic mass is 9.52. The van der Waals surface area contributed by atoms with E-state index in [9.17, 15) is 18.3 Å². The van der Waals surface area contributed by atoms with Gasteiger partial charge in [0.1, 0.15) is 5.82 Å². The Hall–Kier alpha value is -3.09. The number of sulfonamides is 1. The van der Waals surface area contributed by atoms with Crippen LogP contribution in [-0.2, 0) is 14.9 Å². The van der Waals surface area contributed by atoms with Gasteiger partial charge in [0.2, 0.25) is 10.0 Å². The normalized spacial score (nSPS) is 35.7. The average Bonchev–Trinajstić information content (AvgIpc) is 3.68. The Balaban J connectivity index is 0.866. The number of anilines is 4. The van der Waals surface area contributed by atoms with Crippen molar-refractivity contribution in [3.05, 3.63) is 42.6 Å². The van der Waals surface area contributed by atoms with Crippen molar-refractivity contribution in [2.45, 2.75) is 80.3 Å². The zero-order chi connectivity index (χ0) is 29.8. The molecule has 4 heterocycles. The van der Waals surface area contributed by atoms with Gasteiger partial charge in [-0.15, -0.1) is 0 Å². The first-order valence-electron chi connectivity index (χ1n) is 16.3. The lowest BCUT2D eigenvalue weighted by Crippen LogP contribution is -2.62. The van der Waals surface area contributed by atoms with Crippen LogP contribution in [0.15, 0.2) is 42.6 Å². The standard InChI is InChI=1S/C32H40N6O5S/c39-31(34-30-21-11-20-12-22(30)16-32(40,14-20)15-21)43-37-10-9-35(27-3-1-2-4-28(27)37)29-8-5-23(17-33-29)36-18-25-13-24(36)19-38(25)44(41,42)26-6-7-26/h1-5,8,17,20-22,24-26,30,40H,6-7,9-16,18-19H2,(H,34,39)/t20?,21?,22?,24-,25+,30?,32?/m1/s1. The number of carbonyl (C=O) groups is 1. The Morgan fingerprint density at radius 2 is 1.73 bits per heavy atom. The Bertz CT molecular complexity index is 1570. The van der Waals surface area contributed by atoms with Crippen LogP contribution in [-0.4, -0.2) is 84.1 Å². The van der Waals surface area contributed by atoms with E-state index in [4.69, 9.17) is 9.82 Å². The van der Waals surface area contributed by atoms with Crippen molar-refractivity contribution < 1.29 is 23.2 Å². The minimum absolute atomic E-state index is 0.0529. The number of pyridine rings is 1. The Kier molecular flexibility index (Phi) is 6.01. The maximum absolute atomic E-state index is 13.2. The summed E-state index contributed by atoms with van der Waals surface area (Å²) < 4.78 is 27.4. The largest absolute Gasteiger partial charge is 0.431 e. The van der Waals surface area contributed by atoms with Gasteiger partial charge in [-0.05, 0) is 93.4 Å². The zero-order valence-electron chi connectivity index (χ0n) is 24.8. The molecule has 11 nitrogen and oxygen atoms in total. The molecule has 1 aromatic carbocycles. The van der Waals surface area contributed by atoms with Gasteiger partial charge in [-0.1, -0.05) is 12.1 Å². The number of aromatic nitrogens is 1. The van der Waals surface area contributed by atoms with Crippen LogP contribution in [0.2, 0.25) is 0 Å². The molecule has 10 rings (SSSR count). The van der Waals surface area contributed by atoms with E-state index in [1.165, 1.54) is 0 Å². The van der Waals surface area contributed by atoms with E-state index in [1.54, 1.807) is 9.37 Å². The molecule has 44 heavy (non-hydrogen) atoms. The van der Waals surface area contributed by atoms with Gasteiger partial charge in [0, 0.05) is 37.8 Å². The zero-order valence-corrected chi connectivity index (χ0v) is 25.6. The summed E-state index contributed by atoms with van der Waals surface area (Å²) in [7, 11) is -3.14. The molecule has 0 spiro atoms. The van der Waals surface area contributed by atoms with Crippen LogP contribution in [0, 0.1) is 17.8 Å². The van der Waals surface area contributed by atoms with Crippen molar-refractivity contribution in [3.63, 3.8) is 0 Å². The molecule has 1 amide bonds. The highest BCUT2D eigenvalue weighted by Gasteiger charge is 2.55. The van der Waals surface area contributed by atoms with E-state index >= 15 is 0 Å². The second kappa shape index (κ2) is 9.70. The molecule has 2 N–H and O–H groups in total. The van der Waals surface area contributed by atoms with Crippen LogP contribution in [0.5, 0.6) is 0 Å².